The minimum atomic E-state index is -0.334. The van der Waals surface area contributed by atoms with Crippen LogP contribution in [0, 0.1) is 5.82 Å². The Morgan fingerprint density at radius 1 is 1.18 bits per heavy atom. The summed E-state index contributed by atoms with van der Waals surface area (Å²) >= 11 is 0. The molecule has 0 fully saturated rings. The number of hydrogen-bond acceptors (Lipinski definition) is 4. The van der Waals surface area contributed by atoms with Crippen molar-refractivity contribution in [3.8, 4) is 11.4 Å². The van der Waals surface area contributed by atoms with Gasteiger partial charge in [-0.25, -0.2) is 4.39 Å². The third-order valence-electron chi connectivity index (χ3n) is 3.98. The highest BCUT2D eigenvalue weighted by Gasteiger charge is 2.15. The van der Waals surface area contributed by atoms with Gasteiger partial charge in [-0.3, -0.25) is 0 Å². The summed E-state index contributed by atoms with van der Waals surface area (Å²) in [5, 5.41) is 12.7. The van der Waals surface area contributed by atoms with Gasteiger partial charge in [0.15, 0.2) is 11.5 Å². The van der Waals surface area contributed by atoms with Gasteiger partial charge in [0.25, 0.3) is 0 Å². The molecule has 1 atom stereocenters. The maximum Gasteiger partial charge on any atom is 0.188 e. The fourth-order valence-corrected chi connectivity index (χ4v) is 2.28. The molecule has 3 rings (SSSR count). The molecule has 0 amide bonds. The average Bonchev–Trinajstić information content (AvgIpc) is 2.96. The Morgan fingerprint density at radius 2 is 1.95 bits per heavy atom. The van der Waals surface area contributed by atoms with E-state index in [0.717, 1.165) is 12.2 Å². The first kappa shape index (κ1) is 14.4. The summed E-state index contributed by atoms with van der Waals surface area (Å²) in [5.41, 5.74) is 0.991. The molecule has 0 aliphatic heterocycles. The molecular formula is C16H18FN5. The highest BCUT2D eigenvalue weighted by molar-refractivity contribution is 5.60. The highest BCUT2D eigenvalue weighted by atomic mass is 19.1. The van der Waals surface area contributed by atoms with Crippen molar-refractivity contribution < 1.29 is 4.39 Å². The Kier molecular flexibility index (Phi) is 3.75. The van der Waals surface area contributed by atoms with Crippen LogP contribution in [0.5, 0.6) is 0 Å². The normalized spacial score (nSPS) is 12.5. The number of rotatable bonds is 4. The molecule has 0 aliphatic carbocycles. The Bertz CT molecular complexity index is 798. The van der Waals surface area contributed by atoms with Crippen LogP contribution in [0.25, 0.3) is 17.0 Å². The Balaban J connectivity index is 2.12. The summed E-state index contributed by atoms with van der Waals surface area (Å²) in [7, 11) is 2.00. The third-order valence-corrected chi connectivity index (χ3v) is 3.98. The second-order valence-corrected chi connectivity index (χ2v) is 5.33. The SMILES string of the molecule is CCC(C)N(C)c1ccc2nnc(-c3ccccc3F)n2n1. The van der Waals surface area contributed by atoms with E-state index < -0.39 is 0 Å². The van der Waals surface area contributed by atoms with Crippen LogP contribution in [0.4, 0.5) is 10.2 Å². The highest BCUT2D eigenvalue weighted by Crippen LogP contribution is 2.22. The predicted octanol–water partition coefficient (Wildman–Crippen LogP) is 3.17. The van der Waals surface area contributed by atoms with Crippen LogP contribution < -0.4 is 4.90 Å². The topological polar surface area (TPSA) is 46.3 Å². The summed E-state index contributed by atoms with van der Waals surface area (Å²) in [5.74, 6) is 0.881. The van der Waals surface area contributed by atoms with Gasteiger partial charge in [0.1, 0.15) is 11.6 Å². The molecule has 0 bridgehead atoms. The maximum absolute atomic E-state index is 14.0. The zero-order valence-corrected chi connectivity index (χ0v) is 12.9. The van der Waals surface area contributed by atoms with Gasteiger partial charge in [0, 0.05) is 13.1 Å². The standard InChI is InChI=1S/C16H18FN5/c1-4-11(2)21(3)15-10-9-14-18-19-16(22(14)20-15)12-7-5-6-8-13(12)17/h5-11H,4H2,1-3H3. The van der Waals surface area contributed by atoms with E-state index in [2.05, 4.69) is 34.0 Å². The van der Waals surface area contributed by atoms with Crippen LogP contribution in [0.15, 0.2) is 36.4 Å². The number of nitrogens with zero attached hydrogens (tertiary/aromatic N) is 5. The molecule has 3 aromatic rings. The lowest BCUT2D eigenvalue weighted by Gasteiger charge is -2.24. The van der Waals surface area contributed by atoms with E-state index in [9.17, 15) is 4.39 Å². The second kappa shape index (κ2) is 5.71. The molecule has 2 heterocycles. The molecule has 2 aromatic heterocycles. The van der Waals surface area contributed by atoms with Gasteiger partial charge in [-0.15, -0.1) is 15.3 Å². The molecule has 0 aliphatic rings. The van der Waals surface area contributed by atoms with E-state index >= 15 is 0 Å². The van der Waals surface area contributed by atoms with E-state index in [1.165, 1.54) is 6.07 Å². The number of fused-ring (bicyclic) bond motifs is 1. The summed E-state index contributed by atoms with van der Waals surface area (Å²) in [6, 6.07) is 10.6. The Morgan fingerprint density at radius 3 is 2.68 bits per heavy atom. The number of benzene rings is 1. The van der Waals surface area contributed by atoms with Gasteiger partial charge in [0.2, 0.25) is 0 Å². The molecule has 0 saturated heterocycles. The van der Waals surface area contributed by atoms with Gasteiger partial charge in [-0.2, -0.15) is 4.52 Å². The molecule has 5 nitrogen and oxygen atoms in total. The summed E-state index contributed by atoms with van der Waals surface area (Å²) in [6.07, 6.45) is 1.01. The van der Waals surface area contributed by atoms with Gasteiger partial charge < -0.3 is 4.90 Å². The molecule has 6 heteroatoms. The molecule has 22 heavy (non-hydrogen) atoms. The third kappa shape index (κ3) is 2.41. The molecular weight excluding hydrogens is 281 g/mol. The Labute approximate surface area is 128 Å². The van der Waals surface area contributed by atoms with Crippen LogP contribution in [-0.4, -0.2) is 32.9 Å². The van der Waals surface area contributed by atoms with E-state index in [0.29, 0.717) is 23.1 Å². The zero-order chi connectivity index (χ0) is 15.7. The van der Waals surface area contributed by atoms with Crippen molar-refractivity contribution in [3.63, 3.8) is 0 Å². The number of anilines is 1. The van der Waals surface area contributed by atoms with Crippen molar-refractivity contribution in [2.45, 2.75) is 26.3 Å². The lowest BCUT2D eigenvalue weighted by atomic mass is 10.2. The maximum atomic E-state index is 14.0. The molecule has 0 N–H and O–H groups in total. The predicted molar refractivity (Wildman–Crippen MR) is 84.3 cm³/mol. The molecule has 0 spiro atoms. The average molecular weight is 299 g/mol. The largest absolute Gasteiger partial charge is 0.356 e. The molecule has 0 saturated carbocycles. The molecule has 0 radical (unpaired) electrons. The van der Waals surface area contributed by atoms with Crippen molar-refractivity contribution >= 4 is 11.5 Å². The van der Waals surface area contributed by atoms with Crippen LogP contribution in [-0.2, 0) is 0 Å². The van der Waals surface area contributed by atoms with E-state index in [1.54, 1.807) is 22.7 Å². The van der Waals surface area contributed by atoms with Crippen molar-refractivity contribution in [1.82, 2.24) is 19.8 Å². The molecule has 1 aromatic carbocycles. The first-order chi connectivity index (χ1) is 10.6. The van der Waals surface area contributed by atoms with Crippen molar-refractivity contribution in [2.75, 3.05) is 11.9 Å². The Hall–Kier alpha value is -2.50. The van der Waals surface area contributed by atoms with Crippen molar-refractivity contribution in [1.29, 1.82) is 0 Å². The smallest absolute Gasteiger partial charge is 0.188 e. The first-order valence-electron chi connectivity index (χ1n) is 7.32. The van der Waals surface area contributed by atoms with Crippen LogP contribution >= 0.6 is 0 Å². The van der Waals surface area contributed by atoms with Crippen LogP contribution in [0.2, 0.25) is 0 Å². The minimum Gasteiger partial charge on any atom is -0.356 e. The number of halogens is 1. The summed E-state index contributed by atoms with van der Waals surface area (Å²) in [6.45, 7) is 4.26. The quantitative estimate of drug-likeness (QED) is 0.742. The molecule has 1 unspecified atom stereocenters. The monoisotopic (exact) mass is 299 g/mol. The summed E-state index contributed by atoms with van der Waals surface area (Å²) in [4.78, 5) is 2.09. The lowest BCUT2D eigenvalue weighted by molar-refractivity contribution is 0.628. The van der Waals surface area contributed by atoms with Crippen molar-refractivity contribution in [3.05, 3.63) is 42.2 Å². The van der Waals surface area contributed by atoms with E-state index in [-0.39, 0.29) is 5.82 Å². The molecule has 114 valence electrons. The van der Waals surface area contributed by atoms with Crippen molar-refractivity contribution in [2.24, 2.45) is 0 Å². The van der Waals surface area contributed by atoms with Crippen LogP contribution in [0.1, 0.15) is 20.3 Å². The fourth-order valence-electron chi connectivity index (χ4n) is 2.28. The van der Waals surface area contributed by atoms with Gasteiger partial charge in [0.05, 0.1) is 5.56 Å². The van der Waals surface area contributed by atoms with Crippen LogP contribution in [0.3, 0.4) is 0 Å². The van der Waals surface area contributed by atoms with E-state index in [1.807, 2.05) is 19.2 Å². The summed E-state index contributed by atoms with van der Waals surface area (Å²) < 4.78 is 15.6. The number of aromatic nitrogens is 4. The minimum absolute atomic E-state index is 0.334. The first-order valence-corrected chi connectivity index (χ1v) is 7.32. The second-order valence-electron chi connectivity index (χ2n) is 5.33. The van der Waals surface area contributed by atoms with Gasteiger partial charge in [-0.05, 0) is 37.6 Å². The van der Waals surface area contributed by atoms with Gasteiger partial charge >= 0.3 is 0 Å². The lowest BCUT2D eigenvalue weighted by Crippen LogP contribution is -2.29. The van der Waals surface area contributed by atoms with Gasteiger partial charge in [-0.1, -0.05) is 19.1 Å². The fraction of sp³-hybridized carbons (Fsp3) is 0.312. The zero-order valence-electron chi connectivity index (χ0n) is 12.9. The number of hydrogen-bond donors (Lipinski definition) is 0. The van der Waals surface area contributed by atoms with E-state index in [4.69, 9.17) is 0 Å².